The van der Waals surface area contributed by atoms with E-state index in [1.54, 1.807) is 24.5 Å². The fraction of sp³-hybridized carbons (Fsp3) is 0.280. The summed E-state index contributed by atoms with van der Waals surface area (Å²) in [7, 11) is 0. The van der Waals surface area contributed by atoms with Crippen LogP contribution in [0.5, 0.6) is 0 Å². The lowest BCUT2D eigenvalue weighted by molar-refractivity contribution is -0.137. The van der Waals surface area contributed by atoms with Crippen LogP contribution in [0.15, 0.2) is 55.0 Å². The molecule has 1 aromatic carbocycles. The topological polar surface area (TPSA) is 131 Å². The number of amides is 1. The smallest absolute Gasteiger partial charge is 0.395 e. The standard InChI is InChI=1S/C25H24F3N7O3/c26-25(27,28)17-5-6-30-19(13-17)32-24(37)16-3-1-15(2-4-16)20-21-22(29)31-7-8-35(21)23(33-20)18-14-34(9-11-36)10-12-38-18/h1-8,13,18,36H,9-12,14H2,(H2,29,31)(H,30,32,37). The Kier molecular flexibility index (Phi) is 6.97. The zero-order valence-electron chi connectivity index (χ0n) is 20.0. The van der Waals surface area contributed by atoms with Crippen LogP contribution in [-0.2, 0) is 10.9 Å². The van der Waals surface area contributed by atoms with E-state index in [4.69, 9.17) is 15.5 Å². The van der Waals surface area contributed by atoms with Crippen molar-refractivity contribution < 1.29 is 27.8 Å². The van der Waals surface area contributed by atoms with Crippen LogP contribution in [0.4, 0.5) is 24.8 Å². The van der Waals surface area contributed by atoms with Gasteiger partial charge in [0.15, 0.2) is 0 Å². The zero-order chi connectivity index (χ0) is 26.9. The minimum Gasteiger partial charge on any atom is -0.395 e. The summed E-state index contributed by atoms with van der Waals surface area (Å²) in [5.74, 6) is 0.0747. The highest BCUT2D eigenvalue weighted by Gasteiger charge is 2.31. The third-order valence-corrected chi connectivity index (χ3v) is 6.21. The number of alkyl halides is 3. The van der Waals surface area contributed by atoms with E-state index < -0.39 is 17.6 Å². The summed E-state index contributed by atoms with van der Waals surface area (Å²) in [6, 6.07) is 8.03. The lowest BCUT2D eigenvalue weighted by Crippen LogP contribution is -2.40. The Labute approximate surface area is 214 Å². The van der Waals surface area contributed by atoms with Gasteiger partial charge in [0.1, 0.15) is 34.8 Å². The van der Waals surface area contributed by atoms with Crippen LogP contribution < -0.4 is 11.1 Å². The van der Waals surface area contributed by atoms with Crippen LogP contribution in [0, 0.1) is 0 Å². The molecule has 0 spiro atoms. The number of anilines is 2. The van der Waals surface area contributed by atoms with Gasteiger partial charge in [0.2, 0.25) is 0 Å². The van der Waals surface area contributed by atoms with Gasteiger partial charge in [0, 0.05) is 49.4 Å². The number of fused-ring (bicyclic) bond motifs is 1. The van der Waals surface area contributed by atoms with Gasteiger partial charge in [-0.2, -0.15) is 13.2 Å². The van der Waals surface area contributed by atoms with Crippen molar-refractivity contribution in [3.05, 3.63) is 71.9 Å². The Morgan fingerprint density at radius 3 is 2.71 bits per heavy atom. The summed E-state index contributed by atoms with van der Waals surface area (Å²) in [5, 5.41) is 11.7. The first-order chi connectivity index (χ1) is 18.2. The summed E-state index contributed by atoms with van der Waals surface area (Å²) in [5.41, 5.74) is 7.30. The number of hydrogen-bond donors (Lipinski definition) is 3. The molecule has 1 saturated heterocycles. The number of β-amino-alcohol motifs (C(OH)–C–C–N with tert-alkyl or cyclic N) is 1. The maximum absolute atomic E-state index is 13.0. The fourth-order valence-corrected chi connectivity index (χ4v) is 4.36. The number of carbonyl (C=O) groups is 1. The van der Waals surface area contributed by atoms with Gasteiger partial charge in [0.05, 0.1) is 18.8 Å². The van der Waals surface area contributed by atoms with E-state index in [0.717, 1.165) is 18.3 Å². The van der Waals surface area contributed by atoms with Crippen molar-refractivity contribution in [1.82, 2.24) is 24.3 Å². The van der Waals surface area contributed by atoms with Crippen LogP contribution in [0.25, 0.3) is 16.8 Å². The monoisotopic (exact) mass is 527 g/mol. The molecule has 3 aromatic heterocycles. The van der Waals surface area contributed by atoms with Crippen molar-refractivity contribution in [2.75, 3.05) is 43.9 Å². The van der Waals surface area contributed by atoms with Crippen LogP contribution >= 0.6 is 0 Å². The average Bonchev–Trinajstić information content (AvgIpc) is 3.30. The first-order valence-electron chi connectivity index (χ1n) is 11.8. The molecular weight excluding hydrogens is 503 g/mol. The highest BCUT2D eigenvalue weighted by Crippen LogP contribution is 2.33. The van der Waals surface area contributed by atoms with Crippen molar-refractivity contribution >= 4 is 23.1 Å². The molecular formula is C25H24F3N7O3. The van der Waals surface area contributed by atoms with Gasteiger partial charge >= 0.3 is 6.18 Å². The van der Waals surface area contributed by atoms with Crippen molar-refractivity contribution in [1.29, 1.82) is 0 Å². The van der Waals surface area contributed by atoms with Gasteiger partial charge in [-0.05, 0) is 24.3 Å². The second kappa shape index (κ2) is 10.4. The van der Waals surface area contributed by atoms with Crippen molar-refractivity contribution in [2.45, 2.75) is 12.3 Å². The largest absolute Gasteiger partial charge is 0.416 e. The molecule has 5 rings (SSSR count). The maximum Gasteiger partial charge on any atom is 0.416 e. The number of halogens is 3. The predicted molar refractivity (Wildman–Crippen MR) is 132 cm³/mol. The molecule has 4 aromatic rings. The second-order valence-electron chi connectivity index (χ2n) is 8.69. The van der Waals surface area contributed by atoms with Gasteiger partial charge in [-0.1, -0.05) is 12.1 Å². The molecule has 1 atom stereocenters. The van der Waals surface area contributed by atoms with E-state index in [1.807, 2.05) is 4.40 Å². The van der Waals surface area contributed by atoms with Crippen LogP contribution in [0.1, 0.15) is 27.8 Å². The van der Waals surface area contributed by atoms with E-state index in [2.05, 4.69) is 20.2 Å². The number of carbonyl (C=O) groups excluding carboxylic acids is 1. The molecule has 0 saturated carbocycles. The molecule has 0 aliphatic carbocycles. The Hall–Kier alpha value is -4.07. The normalized spacial score (nSPS) is 16.6. The molecule has 10 nitrogen and oxygen atoms in total. The third-order valence-electron chi connectivity index (χ3n) is 6.21. The van der Waals surface area contributed by atoms with Crippen molar-refractivity contribution in [3.8, 4) is 11.3 Å². The number of nitrogens with two attached hydrogens (primary N) is 1. The molecule has 0 radical (unpaired) electrons. The Bertz CT molecular complexity index is 1460. The van der Waals surface area contributed by atoms with E-state index in [-0.39, 0.29) is 29.9 Å². The highest BCUT2D eigenvalue weighted by atomic mass is 19.4. The predicted octanol–water partition coefficient (Wildman–Crippen LogP) is 3.01. The number of nitrogen functional groups attached to an aromatic ring is 1. The molecule has 1 aliphatic rings. The van der Waals surface area contributed by atoms with Gasteiger partial charge in [-0.15, -0.1) is 0 Å². The number of nitrogens with one attached hydrogen (secondary N) is 1. The lowest BCUT2D eigenvalue weighted by atomic mass is 10.1. The summed E-state index contributed by atoms with van der Waals surface area (Å²) in [6.07, 6.45) is -0.604. The molecule has 0 bridgehead atoms. The Morgan fingerprint density at radius 1 is 1.18 bits per heavy atom. The van der Waals surface area contributed by atoms with Crippen LogP contribution in [-0.4, -0.2) is 68.1 Å². The first-order valence-corrected chi connectivity index (χ1v) is 11.8. The number of rotatable bonds is 6. The van der Waals surface area contributed by atoms with E-state index in [9.17, 15) is 23.1 Å². The molecule has 4 heterocycles. The first kappa shape index (κ1) is 25.6. The summed E-state index contributed by atoms with van der Waals surface area (Å²) in [6.45, 7) is 2.31. The highest BCUT2D eigenvalue weighted by molar-refractivity contribution is 6.04. The number of pyridine rings is 1. The molecule has 1 amide bonds. The maximum atomic E-state index is 13.0. The summed E-state index contributed by atoms with van der Waals surface area (Å²) in [4.78, 5) is 27.6. The second-order valence-corrected chi connectivity index (χ2v) is 8.69. The van der Waals surface area contributed by atoms with Crippen LogP contribution in [0.2, 0.25) is 0 Å². The van der Waals surface area contributed by atoms with E-state index in [1.165, 1.54) is 12.1 Å². The number of aliphatic hydroxyl groups excluding tert-OH is 1. The van der Waals surface area contributed by atoms with Crippen molar-refractivity contribution in [3.63, 3.8) is 0 Å². The number of benzene rings is 1. The van der Waals surface area contributed by atoms with E-state index >= 15 is 0 Å². The van der Waals surface area contributed by atoms with Gasteiger partial charge in [-0.25, -0.2) is 15.0 Å². The van der Waals surface area contributed by atoms with Crippen molar-refractivity contribution in [2.24, 2.45) is 0 Å². The lowest BCUT2D eigenvalue weighted by Gasteiger charge is -2.31. The molecule has 198 valence electrons. The minimum atomic E-state index is -4.55. The number of nitrogens with zero attached hydrogens (tertiary/aromatic N) is 5. The van der Waals surface area contributed by atoms with Crippen LogP contribution in [0.3, 0.4) is 0 Å². The quantitative estimate of drug-likeness (QED) is 0.349. The SMILES string of the molecule is Nc1nccn2c(C3CN(CCO)CCO3)nc(-c3ccc(C(=O)Nc4cc(C(F)(F)F)ccn4)cc3)c12. The molecule has 1 fully saturated rings. The van der Waals surface area contributed by atoms with E-state index in [0.29, 0.717) is 48.8 Å². The number of aliphatic hydroxyl groups is 1. The number of aromatic nitrogens is 4. The average molecular weight is 528 g/mol. The summed E-state index contributed by atoms with van der Waals surface area (Å²) < 4.78 is 46.7. The summed E-state index contributed by atoms with van der Waals surface area (Å²) >= 11 is 0. The van der Waals surface area contributed by atoms with Gasteiger partial charge in [-0.3, -0.25) is 14.1 Å². The van der Waals surface area contributed by atoms with Gasteiger partial charge in [0.25, 0.3) is 5.91 Å². The zero-order valence-corrected chi connectivity index (χ0v) is 20.0. The third kappa shape index (κ3) is 5.16. The Balaban J connectivity index is 1.42. The molecule has 4 N–H and O–H groups in total. The molecule has 1 unspecified atom stereocenters. The number of imidazole rings is 1. The fourth-order valence-electron chi connectivity index (χ4n) is 4.36. The minimum absolute atomic E-state index is 0.0426. The molecule has 38 heavy (non-hydrogen) atoms. The number of ether oxygens (including phenoxy) is 1. The number of hydrogen-bond acceptors (Lipinski definition) is 8. The Morgan fingerprint density at radius 2 is 1.97 bits per heavy atom. The molecule has 1 aliphatic heterocycles. The molecule has 13 heteroatoms. The number of morpholine rings is 1. The van der Waals surface area contributed by atoms with Gasteiger partial charge < -0.3 is 20.9 Å².